The quantitative estimate of drug-likeness (QED) is 0.562. The molecule has 1 N–H and O–H groups in total. The van der Waals surface area contributed by atoms with Gasteiger partial charge in [-0.05, 0) is 44.1 Å². The van der Waals surface area contributed by atoms with Gasteiger partial charge < -0.3 is 5.32 Å². The molecule has 0 bridgehead atoms. The summed E-state index contributed by atoms with van der Waals surface area (Å²) in [6.45, 7) is 6.07. The molecule has 0 amide bonds. The van der Waals surface area contributed by atoms with E-state index < -0.39 is 0 Å². The maximum atomic E-state index is 3.63. The van der Waals surface area contributed by atoms with Crippen molar-refractivity contribution in [2.24, 2.45) is 11.8 Å². The topological polar surface area (TPSA) is 12.0 Å². The van der Waals surface area contributed by atoms with Gasteiger partial charge in [0.05, 0.1) is 0 Å². The Morgan fingerprint density at radius 1 is 1.27 bits per heavy atom. The highest BCUT2D eigenvalue weighted by Crippen LogP contribution is 2.42. The second kappa shape index (κ2) is 2.48. The minimum absolute atomic E-state index is 0.590. The van der Waals surface area contributed by atoms with Gasteiger partial charge in [-0.15, -0.1) is 0 Å². The van der Waals surface area contributed by atoms with Crippen molar-refractivity contribution in [3.05, 3.63) is 0 Å². The Kier molecular flexibility index (Phi) is 1.71. The van der Waals surface area contributed by atoms with E-state index in [4.69, 9.17) is 0 Å². The van der Waals surface area contributed by atoms with Gasteiger partial charge in [-0.2, -0.15) is 0 Å². The van der Waals surface area contributed by atoms with Crippen molar-refractivity contribution in [2.75, 3.05) is 6.54 Å². The van der Waals surface area contributed by atoms with Crippen molar-refractivity contribution in [1.29, 1.82) is 0 Å². The highest BCUT2D eigenvalue weighted by atomic mass is 15.1. The van der Waals surface area contributed by atoms with E-state index in [2.05, 4.69) is 19.2 Å². The average Bonchev–Trinajstić information content (AvgIpc) is 1.84. The summed E-state index contributed by atoms with van der Waals surface area (Å²) in [6.07, 6.45) is 5.74. The van der Waals surface area contributed by atoms with Gasteiger partial charge in [0.2, 0.25) is 0 Å². The summed E-state index contributed by atoms with van der Waals surface area (Å²) < 4.78 is 0. The van der Waals surface area contributed by atoms with Gasteiger partial charge in [0.1, 0.15) is 0 Å². The van der Waals surface area contributed by atoms with Crippen molar-refractivity contribution in [3.63, 3.8) is 0 Å². The molecule has 0 radical (unpaired) electrons. The molecule has 0 aromatic rings. The molecule has 0 aromatic carbocycles. The van der Waals surface area contributed by atoms with Crippen LogP contribution in [0, 0.1) is 11.8 Å². The first-order valence-corrected chi connectivity index (χ1v) is 4.98. The predicted molar refractivity (Wildman–Crippen MR) is 47.5 cm³/mol. The SMILES string of the molecule is CC1CCC2(CCN2)C(C)C1. The average molecular weight is 153 g/mol. The third-order valence-electron chi connectivity index (χ3n) is 3.83. The predicted octanol–water partition coefficient (Wildman–Crippen LogP) is 2.17. The second-order valence-corrected chi connectivity index (χ2v) is 4.61. The molecular weight excluding hydrogens is 134 g/mol. The number of rotatable bonds is 0. The van der Waals surface area contributed by atoms with E-state index in [9.17, 15) is 0 Å². The van der Waals surface area contributed by atoms with Crippen LogP contribution in [0.4, 0.5) is 0 Å². The van der Waals surface area contributed by atoms with Crippen LogP contribution in [0.15, 0.2) is 0 Å². The molecule has 2 fully saturated rings. The molecule has 1 saturated heterocycles. The molecule has 2 aliphatic rings. The molecule has 1 aliphatic heterocycles. The van der Waals surface area contributed by atoms with Gasteiger partial charge >= 0.3 is 0 Å². The highest BCUT2D eigenvalue weighted by Gasteiger charge is 2.43. The smallest absolute Gasteiger partial charge is 0.0219 e. The Morgan fingerprint density at radius 3 is 2.45 bits per heavy atom. The van der Waals surface area contributed by atoms with Crippen molar-refractivity contribution in [3.8, 4) is 0 Å². The van der Waals surface area contributed by atoms with Crippen LogP contribution in [0.3, 0.4) is 0 Å². The molecule has 1 nitrogen and oxygen atoms in total. The van der Waals surface area contributed by atoms with Crippen LogP contribution in [0.2, 0.25) is 0 Å². The molecule has 11 heavy (non-hydrogen) atoms. The molecule has 1 spiro atoms. The Bertz CT molecular complexity index is 149. The van der Waals surface area contributed by atoms with Gasteiger partial charge in [0, 0.05) is 5.54 Å². The first-order valence-electron chi connectivity index (χ1n) is 4.98. The molecule has 2 rings (SSSR count). The molecule has 1 aliphatic carbocycles. The van der Waals surface area contributed by atoms with Gasteiger partial charge in [-0.3, -0.25) is 0 Å². The minimum Gasteiger partial charge on any atom is -0.311 e. The molecule has 64 valence electrons. The third-order valence-corrected chi connectivity index (χ3v) is 3.83. The lowest BCUT2D eigenvalue weighted by Crippen LogP contribution is -2.62. The van der Waals surface area contributed by atoms with Crippen molar-refractivity contribution in [1.82, 2.24) is 5.32 Å². The molecule has 1 heterocycles. The van der Waals surface area contributed by atoms with E-state index >= 15 is 0 Å². The maximum Gasteiger partial charge on any atom is 0.0219 e. The Morgan fingerprint density at radius 2 is 2.00 bits per heavy atom. The van der Waals surface area contributed by atoms with Crippen LogP contribution in [0.25, 0.3) is 0 Å². The van der Waals surface area contributed by atoms with E-state index in [-0.39, 0.29) is 0 Å². The third kappa shape index (κ3) is 1.10. The van der Waals surface area contributed by atoms with Crippen molar-refractivity contribution in [2.45, 2.75) is 45.1 Å². The molecule has 1 saturated carbocycles. The fourth-order valence-electron chi connectivity index (χ4n) is 2.78. The summed E-state index contributed by atoms with van der Waals surface area (Å²) in [5.74, 6) is 1.89. The maximum absolute atomic E-state index is 3.63. The van der Waals surface area contributed by atoms with Crippen LogP contribution < -0.4 is 5.32 Å². The first-order chi connectivity index (χ1) is 5.23. The standard InChI is InChI=1S/C10H19N/c1-8-3-4-10(5-6-11-10)9(2)7-8/h8-9,11H,3-7H2,1-2H3. The van der Waals surface area contributed by atoms with Crippen molar-refractivity contribution < 1.29 is 0 Å². The lowest BCUT2D eigenvalue weighted by molar-refractivity contribution is 0.0607. The summed E-state index contributed by atoms with van der Waals surface area (Å²) in [5.41, 5.74) is 0.590. The van der Waals surface area contributed by atoms with E-state index in [1.807, 2.05) is 0 Å². The first kappa shape index (κ1) is 7.60. The molecule has 1 heteroatoms. The second-order valence-electron chi connectivity index (χ2n) is 4.61. The summed E-state index contributed by atoms with van der Waals surface area (Å²) in [6, 6.07) is 0. The van der Waals surface area contributed by atoms with Gasteiger partial charge in [-0.25, -0.2) is 0 Å². The van der Waals surface area contributed by atoms with Gasteiger partial charge in [0.15, 0.2) is 0 Å². The van der Waals surface area contributed by atoms with E-state index in [1.165, 1.54) is 32.2 Å². The zero-order valence-corrected chi connectivity index (χ0v) is 7.69. The van der Waals surface area contributed by atoms with E-state index in [0.29, 0.717) is 5.54 Å². The summed E-state index contributed by atoms with van der Waals surface area (Å²) >= 11 is 0. The fraction of sp³-hybridized carbons (Fsp3) is 1.00. The normalized spacial score (nSPS) is 50.7. The van der Waals surface area contributed by atoms with Crippen molar-refractivity contribution >= 4 is 0 Å². The van der Waals surface area contributed by atoms with Gasteiger partial charge in [-0.1, -0.05) is 13.8 Å². The summed E-state index contributed by atoms with van der Waals surface area (Å²) in [7, 11) is 0. The summed E-state index contributed by atoms with van der Waals surface area (Å²) in [5, 5.41) is 3.63. The van der Waals surface area contributed by atoms with E-state index in [0.717, 1.165) is 11.8 Å². The number of hydrogen-bond donors (Lipinski definition) is 1. The lowest BCUT2D eigenvalue weighted by atomic mass is 9.65. The summed E-state index contributed by atoms with van der Waals surface area (Å²) in [4.78, 5) is 0. The Labute approximate surface area is 69.6 Å². The zero-order chi connectivity index (χ0) is 7.90. The zero-order valence-electron chi connectivity index (χ0n) is 7.69. The van der Waals surface area contributed by atoms with Crippen LogP contribution in [0.1, 0.15) is 39.5 Å². The monoisotopic (exact) mass is 153 g/mol. The Balaban J connectivity index is 2.01. The molecule has 0 aromatic heterocycles. The van der Waals surface area contributed by atoms with Crippen LogP contribution >= 0.6 is 0 Å². The number of hydrogen-bond acceptors (Lipinski definition) is 1. The fourth-order valence-corrected chi connectivity index (χ4v) is 2.78. The number of nitrogens with one attached hydrogen (secondary N) is 1. The minimum atomic E-state index is 0.590. The van der Waals surface area contributed by atoms with Crippen LogP contribution in [-0.2, 0) is 0 Å². The highest BCUT2D eigenvalue weighted by molar-refractivity contribution is 5.02. The van der Waals surface area contributed by atoms with Crippen LogP contribution in [-0.4, -0.2) is 12.1 Å². The largest absolute Gasteiger partial charge is 0.311 e. The van der Waals surface area contributed by atoms with Crippen LogP contribution in [0.5, 0.6) is 0 Å². The van der Waals surface area contributed by atoms with E-state index in [1.54, 1.807) is 0 Å². The lowest BCUT2D eigenvalue weighted by Gasteiger charge is -2.52. The van der Waals surface area contributed by atoms with Gasteiger partial charge in [0.25, 0.3) is 0 Å². The molecule has 3 unspecified atom stereocenters. The molecular formula is C10H19N. The molecule has 3 atom stereocenters. The Hall–Kier alpha value is -0.0400.